The number of Topliss-reactive ketones (excluding diaryl/α,β-unsaturated/α-hetero) is 1. The van der Waals surface area contributed by atoms with E-state index in [4.69, 9.17) is 0 Å². The van der Waals surface area contributed by atoms with Crippen molar-refractivity contribution in [2.45, 2.75) is 6.92 Å². The Kier molecular flexibility index (Phi) is 3.05. The smallest absolute Gasteiger partial charge is 0.326 e. The number of carbonyl (C=O) groups excluding carboxylic acids is 3. The Labute approximate surface area is 101 Å². The standard InChI is InChI=1S/C11H9FN2O4/c1-2-18-11(17)7-9(15)8-6(14-10(7)16)3-5(12)4-13-8/h3-4,7H,2H2,1H3,(H,14,16). The number of hydrogen-bond acceptors (Lipinski definition) is 5. The number of aromatic nitrogens is 1. The maximum atomic E-state index is 12.9. The molecule has 94 valence electrons. The molecule has 0 radical (unpaired) electrons. The Morgan fingerprint density at radius 3 is 2.94 bits per heavy atom. The second-order valence-corrected chi connectivity index (χ2v) is 3.59. The number of carbonyl (C=O) groups is 3. The normalized spacial score (nSPS) is 18.0. The summed E-state index contributed by atoms with van der Waals surface area (Å²) in [4.78, 5) is 38.6. The molecule has 0 saturated heterocycles. The molecule has 0 fully saturated rings. The van der Waals surface area contributed by atoms with Crippen LogP contribution in [0.15, 0.2) is 12.3 Å². The first-order valence-electron chi connectivity index (χ1n) is 5.22. The highest BCUT2D eigenvalue weighted by Crippen LogP contribution is 2.25. The number of nitrogens with one attached hydrogen (secondary N) is 1. The van der Waals surface area contributed by atoms with Gasteiger partial charge in [0.25, 0.3) is 0 Å². The number of ketones is 1. The van der Waals surface area contributed by atoms with Gasteiger partial charge in [-0.2, -0.15) is 0 Å². The summed E-state index contributed by atoms with van der Waals surface area (Å²) in [6, 6.07) is 0.972. The number of pyridine rings is 1. The van der Waals surface area contributed by atoms with Crippen molar-refractivity contribution in [1.29, 1.82) is 0 Å². The number of halogens is 1. The average Bonchev–Trinajstić information content (AvgIpc) is 2.28. The highest BCUT2D eigenvalue weighted by molar-refractivity contribution is 6.28. The maximum absolute atomic E-state index is 12.9. The van der Waals surface area contributed by atoms with E-state index in [0.717, 1.165) is 12.3 Å². The molecule has 1 N–H and O–H groups in total. The van der Waals surface area contributed by atoms with Gasteiger partial charge in [-0.3, -0.25) is 14.4 Å². The predicted octanol–water partition coefficient (Wildman–Crippen LogP) is 0.535. The van der Waals surface area contributed by atoms with E-state index in [0.29, 0.717) is 0 Å². The van der Waals surface area contributed by atoms with Crippen molar-refractivity contribution in [2.24, 2.45) is 5.92 Å². The Hall–Kier alpha value is -2.31. The number of amides is 1. The molecule has 1 amide bonds. The Balaban J connectivity index is 2.39. The summed E-state index contributed by atoms with van der Waals surface area (Å²) in [5, 5.41) is 2.26. The van der Waals surface area contributed by atoms with Crippen LogP contribution in [0.1, 0.15) is 17.4 Å². The first-order valence-corrected chi connectivity index (χ1v) is 5.22. The first kappa shape index (κ1) is 12.2. The van der Waals surface area contributed by atoms with Crippen molar-refractivity contribution in [1.82, 2.24) is 4.98 Å². The summed E-state index contributed by atoms with van der Waals surface area (Å²) in [7, 11) is 0. The zero-order valence-corrected chi connectivity index (χ0v) is 9.40. The van der Waals surface area contributed by atoms with Crippen molar-refractivity contribution >= 4 is 23.3 Å². The second kappa shape index (κ2) is 4.52. The monoisotopic (exact) mass is 252 g/mol. The third-order valence-corrected chi connectivity index (χ3v) is 2.39. The summed E-state index contributed by atoms with van der Waals surface area (Å²) in [6.45, 7) is 1.62. The van der Waals surface area contributed by atoms with Crippen molar-refractivity contribution < 1.29 is 23.5 Å². The minimum atomic E-state index is -1.57. The van der Waals surface area contributed by atoms with Crippen LogP contribution in [0.4, 0.5) is 10.1 Å². The third kappa shape index (κ3) is 1.94. The zero-order valence-electron chi connectivity index (χ0n) is 9.40. The summed E-state index contributed by atoms with van der Waals surface area (Å²) < 4.78 is 17.5. The highest BCUT2D eigenvalue weighted by atomic mass is 19.1. The fourth-order valence-electron chi connectivity index (χ4n) is 1.63. The van der Waals surface area contributed by atoms with Crippen LogP contribution in [0, 0.1) is 11.7 Å². The number of nitrogens with zero attached hydrogens (tertiary/aromatic N) is 1. The van der Waals surface area contributed by atoms with Gasteiger partial charge in [-0.1, -0.05) is 0 Å². The fourth-order valence-corrected chi connectivity index (χ4v) is 1.63. The average molecular weight is 252 g/mol. The summed E-state index contributed by atoms with van der Waals surface area (Å²) >= 11 is 0. The van der Waals surface area contributed by atoms with Gasteiger partial charge in [0.1, 0.15) is 11.5 Å². The topological polar surface area (TPSA) is 85.4 Å². The van der Waals surface area contributed by atoms with E-state index in [-0.39, 0.29) is 18.0 Å². The number of ether oxygens (including phenoxy) is 1. The molecule has 1 aromatic heterocycles. The lowest BCUT2D eigenvalue weighted by atomic mass is 9.95. The molecule has 6 nitrogen and oxygen atoms in total. The minimum absolute atomic E-state index is 0.0365. The molecule has 0 spiro atoms. The number of hydrogen-bond donors (Lipinski definition) is 1. The van der Waals surface area contributed by atoms with E-state index >= 15 is 0 Å². The van der Waals surface area contributed by atoms with Crippen LogP contribution in [0.5, 0.6) is 0 Å². The second-order valence-electron chi connectivity index (χ2n) is 3.59. The molecule has 0 aliphatic carbocycles. The summed E-state index contributed by atoms with van der Waals surface area (Å²) in [6.07, 6.45) is 0.844. The Morgan fingerprint density at radius 1 is 1.56 bits per heavy atom. The zero-order chi connectivity index (χ0) is 13.3. The van der Waals surface area contributed by atoms with Gasteiger partial charge in [-0.15, -0.1) is 0 Å². The van der Waals surface area contributed by atoms with Crippen LogP contribution in [-0.2, 0) is 14.3 Å². The van der Waals surface area contributed by atoms with Gasteiger partial charge < -0.3 is 10.1 Å². The van der Waals surface area contributed by atoms with Gasteiger partial charge in [0.05, 0.1) is 18.5 Å². The van der Waals surface area contributed by atoms with E-state index in [1.54, 1.807) is 6.92 Å². The van der Waals surface area contributed by atoms with E-state index in [1.807, 2.05) is 0 Å². The fraction of sp³-hybridized carbons (Fsp3) is 0.273. The molecule has 1 aromatic rings. The maximum Gasteiger partial charge on any atom is 0.326 e. The van der Waals surface area contributed by atoms with Gasteiger partial charge in [0, 0.05) is 6.07 Å². The van der Waals surface area contributed by atoms with Crippen molar-refractivity contribution in [2.75, 3.05) is 11.9 Å². The van der Waals surface area contributed by atoms with E-state index < -0.39 is 29.4 Å². The molecule has 1 aliphatic heterocycles. The SMILES string of the molecule is CCOC(=O)C1C(=O)Nc2cc(F)cnc2C1=O. The molecule has 2 heterocycles. The lowest BCUT2D eigenvalue weighted by Gasteiger charge is -2.20. The van der Waals surface area contributed by atoms with Crippen molar-refractivity contribution in [3.05, 3.63) is 23.8 Å². The van der Waals surface area contributed by atoms with E-state index in [9.17, 15) is 18.8 Å². The number of rotatable bonds is 2. The molecule has 1 aliphatic rings. The molecule has 1 unspecified atom stereocenters. The summed E-state index contributed by atoms with van der Waals surface area (Å²) in [5.41, 5.74) is -0.181. The highest BCUT2D eigenvalue weighted by Gasteiger charge is 2.41. The van der Waals surface area contributed by atoms with Gasteiger partial charge in [0.15, 0.2) is 5.92 Å². The number of fused-ring (bicyclic) bond motifs is 1. The van der Waals surface area contributed by atoms with Gasteiger partial charge >= 0.3 is 5.97 Å². The van der Waals surface area contributed by atoms with Gasteiger partial charge in [0.2, 0.25) is 11.7 Å². The van der Waals surface area contributed by atoms with Crippen LogP contribution >= 0.6 is 0 Å². The Morgan fingerprint density at radius 2 is 2.28 bits per heavy atom. The lowest BCUT2D eigenvalue weighted by Crippen LogP contribution is -2.41. The van der Waals surface area contributed by atoms with E-state index in [1.165, 1.54) is 0 Å². The quantitative estimate of drug-likeness (QED) is 0.613. The molecule has 0 aromatic carbocycles. The molecule has 0 bridgehead atoms. The molecular weight excluding hydrogens is 243 g/mol. The lowest BCUT2D eigenvalue weighted by molar-refractivity contribution is -0.148. The van der Waals surface area contributed by atoms with Crippen LogP contribution in [0.3, 0.4) is 0 Å². The molecule has 7 heteroatoms. The van der Waals surface area contributed by atoms with Crippen LogP contribution in [0.2, 0.25) is 0 Å². The van der Waals surface area contributed by atoms with Gasteiger partial charge in [-0.05, 0) is 6.92 Å². The number of esters is 1. The molecule has 0 saturated carbocycles. The number of anilines is 1. The predicted molar refractivity (Wildman–Crippen MR) is 57.3 cm³/mol. The third-order valence-electron chi connectivity index (χ3n) is 2.39. The molecule has 2 rings (SSSR count). The van der Waals surface area contributed by atoms with Crippen LogP contribution in [-0.4, -0.2) is 29.3 Å². The largest absolute Gasteiger partial charge is 0.465 e. The first-order chi connectivity index (χ1) is 8.54. The van der Waals surface area contributed by atoms with Crippen LogP contribution < -0.4 is 5.32 Å². The van der Waals surface area contributed by atoms with E-state index in [2.05, 4.69) is 15.0 Å². The van der Waals surface area contributed by atoms with Crippen LogP contribution in [0.25, 0.3) is 0 Å². The van der Waals surface area contributed by atoms with Crippen molar-refractivity contribution in [3.63, 3.8) is 0 Å². The molecular formula is C11H9FN2O4. The molecule has 18 heavy (non-hydrogen) atoms. The molecule has 1 atom stereocenters. The Bertz CT molecular complexity index is 544. The van der Waals surface area contributed by atoms with Crippen molar-refractivity contribution in [3.8, 4) is 0 Å². The van der Waals surface area contributed by atoms with Gasteiger partial charge in [-0.25, -0.2) is 9.37 Å². The summed E-state index contributed by atoms with van der Waals surface area (Å²) in [5.74, 6) is -4.81. The minimum Gasteiger partial charge on any atom is -0.465 e.